The molecule has 0 bridgehead atoms. The van der Waals surface area contributed by atoms with E-state index in [1.165, 1.54) is 4.90 Å². The third-order valence-electron chi connectivity index (χ3n) is 8.73. The number of likely N-dealkylation sites (tertiary alicyclic amines) is 1. The second kappa shape index (κ2) is 25.2. The molecule has 3 N–H and O–H groups in total. The van der Waals surface area contributed by atoms with Gasteiger partial charge in [-0.05, 0) is 37.3 Å². The predicted octanol–water partition coefficient (Wildman–Crippen LogP) is 2.92. The van der Waals surface area contributed by atoms with E-state index in [0.717, 1.165) is 21.7 Å². The van der Waals surface area contributed by atoms with Crippen molar-refractivity contribution in [1.82, 2.24) is 20.5 Å². The molecule has 1 aliphatic heterocycles. The van der Waals surface area contributed by atoms with Crippen LogP contribution in [0.2, 0.25) is 0 Å². The highest BCUT2D eigenvalue weighted by atomic mass is 32.1. The fourth-order valence-electron chi connectivity index (χ4n) is 5.74. The molecule has 0 saturated carbocycles. The molecule has 0 aliphatic carbocycles. The van der Waals surface area contributed by atoms with E-state index in [9.17, 15) is 19.5 Å². The quantitative estimate of drug-likeness (QED) is 0.113. The van der Waals surface area contributed by atoms with Gasteiger partial charge in [0, 0.05) is 19.6 Å². The molecule has 16 heteroatoms. The normalized spacial score (nSPS) is 17.0. The van der Waals surface area contributed by atoms with Crippen LogP contribution in [0, 0.1) is 12.3 Å². The molecule has 1 aliphatic rings. The number of aromatic nitrogens is 1. The van der Waals surface area contributed by atoms with Crippen LogP contribution in [0.15, 0.2) is 29.8 Å². The predicted molar refractivity (Wildman–Crippen MR) is 208 cm³/mol. The summed E-state index contributed by atoms with van der Waals surface area (Å²) in [5, 5.41) is 16.3. The Morgan fingerprint density at radius 1 is 0.836 bits per heavy atom. The van der Waals surface area contributed by atoms with E-state index >= 15 is 0 Å². The van der Waals surface area contributed by atoms with E-state index in [4.69, 9.17) is 33.2 Å². The topological polar surface area (TPSA) is 176 Å². The summed E-state index contributed by atoms with van der Waals surface area (Å²) >= 11 is 1.57. The van der Waals surface area contributed by atoms with E-state index < -0.39 is 35.4 Å². The molecule has 1 saturated heterocycles. The van der Waals surface area contributed by atoms with Crippen LogP contribution in [-0.4, -0.2) is 150 Å². The Labute approximate surface area is 329 Å². The average Bonchev–Trinajstić information content (AvgIpc) is 3.77. The summed E-state index contributed by atoms with van der Waals surface area (Å²) in [6.07, 6.45) is -0.767. The zero-order valence-electron chi connectivity index (χ0n) is 33.3. The van der Waals surface area contributed by atoms with Crippen molar-refractivity contribution in [2.75, 3.05) is 99.0 Å². The summed E-state index contributed by atoms with van der Waals surface area (Å²) in [5.74, 6) is -1.28. The summed E-state index contributed by atoms with van der Waals surface area (Å²) in [5.41, 5.74) is 4.05. The first-order valence-corrected chi connectivity index (χ1v) is 19.9. The number of aliphatic hydroxyl groups excluding tert-OH is 1. The van der Waals surface area contributed by atoms with Gasteiger partial charge in [-0.1, -0.05) is 45.0 Å². The molecule has 2 heterocycles. The molecule has 1 aromatic carbocycles. The van der Waals surface area contributed by atoms with Crippen molar-refractivity contribution in [2.45, 2.75) is 72.2 Å². The number of benzene rings is 1. The number of carbonyl (C=O) groups is 3. The van der Waals surface area contributed by atoms with Crippen molar-refractivity contribution < 1.29 is 52.6 Å². The number of thiazole rings is 1. The summed E-state index contributed by atoms with van der Waals surface area (Å²) in [6, 6.07) is 5.75. The summed E-state index contributed by atoms with van der Waals surface area (Å²) < 4.78 is 37.9. The van der Waals surface area contributed by atoms with Crippen molar-refractivity contribution in [3.05, 3.63) is 41.0 Å². The highest BCUT2D eigenvalue weighted by Crippen LogP contribution is 2.29. The van der Waals surface area contributed by atoms with E-state index in [0.29, 0.717) is 72.7 Å². The van der Waals surface area contributed by atoms with E-state index in [-0.39, 0.29) is 44.7 Å². The molecule has 0 spiro atoms. The van der Waals surface area contributed by atoms with Gasteiger partial charge in [-0.2, -0.15) is 0 Å². The summed E-state index contributed by atoms with van der Waals surface area (Å²) in [6.45, 7) is 16.9. The molecule has 1 fully saturated rings. The Bertz CT molecular complexity index is 1400. The van der Waals surface area contributed by atoms with Gasteiger partial charge in [0.1, 0.15) is 18.7 Å². The molecule has 4 atom stereocenters. The lowest BCUT2D eigenvalue weighted by molar-refractivity contribution is -0.144. The number of aryl methyl sites for hydroxylation is 1. The lowest BCUT2D eigenvalue weighted by Crippen LogP contribution is -2.58. The molecule has 310 valence electrons. The van der Waals surface area contributed by atoms with Crippen molar-refractivity contribution in [1.29, 1.82) is 0 Å². The smallest absolute Gasteiger partial charge is 0.246 e. The maximum Gasteiger partial charge on any atom is 0.246 e. The van der Waals surface area contributed by atoms with Crippen LogP contribution in [0.25, 0.3) is 10.4 Å². The molecule has 0 unspecified atom stereocenters. The number of nitrogens with one attached hydrogen (secondary N) is 2. The van der Waals surface area contributed by atoms with Crippen LogP contribution < -0.4 is 10.6 Å². The Morgan fingerprint density at radius 3 is 1.82 bits per heavy atom. The molecule has 15 nitrogen and oxygen atoms in total. The molecule has 55 heavy (non-hydrogen) atoms. The van der Waals surface area contributed by atoms with Crippen LogP contribution in [0.4, 0.5) is 0 Å². The fraction of sp³-hybridized carbons (Fsp3) is 0.692. The number of amides is 3. The fourth-order valence-corrected chi connectivity index (χ4v) is 6.56. The van der Waals surface area contributed by atoms with Gasteiger partial charge in [0.05, 0.1) is 108 Å². The van der Waals surface area contributed by atoms with E-state index in [1.807, 2.05) is 71.3 Å². The number of aliphatic hydroxyl groups is 1. The Morgan fingerprint density at radius 2 is 1.35 bits per heavy atom. The van der Waals surface area contributed by atoms with Crippen molar-refractivity contribution in [3.63, 3.8) is 0 Å². The first-order valence-electron chi connectivity index (χ1n) is 19.0. The molecule has 3 amide bonds. The Kier molecular flexibility index (Phi) is 21.3. The lowest BCUT2D eigenvalue weighted by atomic mass is 9.85. The standard InChI is InChI=1S/C39H62N4O11S/c1-7-48-12-13-49-14-15-50-16-17-51-18-19-52-20-21-53-22-23-54-26-34(45)42-36(39(4,5)6)38(47)43-25-32(44)24-33(43)37(46)41-28(2)30-8-10-31(11-9-30)35-29(3)40-27-55-35/h8-11,27-28,32-33,36,44H,7,12-26H2,1-6H3,(H,41,46)(H,42,45)/t28-,32+,33-,36+/m0/s1. The van der Waals surface area contributed by atoms with Crippen LogP contribution in [0.1, 0.15) is 58.3 Å². The molecule has 3 rings (SSSR count). The van der Waals surface area contributed by atoms with Gasteiger partial charge in [-0.25, -0.2) is 4.98 Å². The number of β-amino-alcohol motifs (C(OH)–C–C–N with tert-alkyl or cyclic N) is 1. The largest absolute Gasteiger partial charge is 0.391 e. The number of carbonyl (C=O) groups excluding carboxylic acids is 3. The zero-order valence-corrected chi connectivity index (χ0v) is 34.2. The molecule has 2 aromatic rings. The number of hydrogen-bond donors (Lipinski definition) is 3. The second-order valence-corrected chi connectivity index (χ2v) is 15.0. The van der Waals surface area contributed by atoms with Gasteiger partial charge < -0.3 is 53.8 Å². The Balaban J connectivity index is 1.31. The average molecular weight is 795 g/mol. The van der Waals surface area contributed by atoms with E-state index in [1.54, 1.807) is 11.3 Å². The van der Waals surface area contributed by atoms with Crippen molar-refractivity contribution >= 4 is 29.1 Å². The van der Waals surface area contributed by atoms with Gasteiger partial charge in [0.2, 0.25) is 17.7 Å². The van der Waals surface area contributed by atoms with Gasteiger partial charge in [0.15, 0.2) is 0 Å². The third kappa shape index (κ3) is 16.9. The molecule has 0 radical (unpaired) electrons. The van der Waals surface area contributed by atoms with Crippen molar-refractivity contribution in [2.24, 2.45) is 5.41 Å². The third-order valence-corrected chi connectivity index (χ3v) is 9.71. The first-order chi connectivity index (χ1) is 26.4. The SMILES string of the molecule is CCOCCOCCOCCOCCOCCOCCOCC(=O)N[C@H](C(=O)N1C[C@H](O)C[C@H]1C(=O)N[C@@H](C)c1ccc(-c2scnc2C)cc1)C(C)(C)C. The Hall–Kier alpha value is -3.06. The van der Waals surface area contributed by atoms with E-state index in [2.05, 4.69) is 15.6 Å². The van der Waals surface area contributed by atoms with Gasteiger partial charge in [-0.15, -0.1) is 11.3 Å². The highest BCUT2D eigenvalue weighted by Gasteiger charge is 2.44. The van der Waals surface area contributed by atoms with Crippen LogP contribution in [-0.2, 0) is 47.5 Å². The molecule has 1 aromatic heterocycles. The summed E-state index contributed by atoms with van der Waals surface area (Å²) in [7, 11) is 0. The minimum absolute atomic E-state index is 0.0112. The van der Waals surface area contributed by atoms with Crippen LogP contribution in [0.5, 0.6) is 0 Å². The monoisotopic (exact) mass is 794 g/mol. The van der Waals surface area contributed by atoms with Gasteiger partial charge in [-0.3, -0.25) is 14.4 Å². The van der Waals surface area contributed by atoms with Gasteiger partial charge >= 0.3 is 0 Å². The summed E-state index contributed by atoms with van der Waals surface area (Å²) in [4.78, 5) is 47.1. The number of nitrogens with zero attached hydrogens (tertiary/aromatic N) is 2. The maximum atomic E-state index is 13.9. The molecular weight excluding hydrogens is 733 g/mol. The minimum atomic E-state index is -0.954. The lowest BCUT2D eigenvalue weighted by Gasteiger charge is -2.35. The number of ether oxygens (including phenoxy) is 7. The molecular formula is C39H62N4O11S. The van der Waals surface area contributed by atoms with Gasteiger partial charge in [0.25, 0.3) is 0 Å². The van der Waals surface area contributed by atoms with Crippen molar-refractivity contribution in [3.8, 4) is 10.4 Å². The van der Waals surface area contributed by atoms with Crippen LogP contribution in [0.3, 0.4) is 0 Å². The highest BCUT2D eigenvalue weighted by molar-refractivity contribution is 7.13. The second-order valence-electron chi connectivity index (χ2n) is 14.2. The zero-order chi connectivity index (χ0) is 40.1. The number of hydrogen-bond acceptors (Lipinski definition) is 13. The number of rotatable bonds is 27. The minimum Gasteiger partial charge on any atom is -0.391 e. The van der Waals surface area contributed by atoms with Crippen LogP contribution >= 0.6 is 11.3 Å². The first kappa shape index (κ1) is 46.3. The maximum absolute atomic E-state index is 13.9.